The van der Waals surface area contributed by atoms with E-state index < -0.39 is 40.8 Å². The number of aromatic nitrogens is 2. The van der Waals surface area contributed by atoms with Crippen LogP contribution in [0.25, 0.3) is 0 Å². The van der Waals surface area contributed by atoms with E-state index in [1.165, 1.54) is 15.6 Å². The number of hydrogen-bond acceptors (Lipinski definition) is 6. The van der Waals surface area contributed by atoms with Crippen LogP contribution >= 0.6 is 0 Å². The number of anilines is 1. The van der Waals surface area contributed by atoms with Crippen LogP contribution in [0.3, 0.4) is 0 Å². The van der Waals surface area contributed by atoms with Crippen molar-refractivity contribution in [3.8, 4) is 5.75 Å². The lowest BCUT2D eigenvalue weighted by atomic mass is 9.91. The molecule has 3 heterocycles. The van der Waals surface area contributed by atoms with Crippen LogP contribution < -0.4 is 10.1 Å². The van der Waals surface area contributed by atoms with E-state index in [-0.39, 0.29) is 30.6 Å². The maximum absolute atomic E-state index is 14.0. The van der Waals surface area contributed by atoms with Crippen LogP contribution in [-0.4, -0.2) is 63.0 Å². The molecule has 1 atom stereocenters. The highest BCUT2D eigenvalue weighted by Gasteiger charge is 2.37. The Morgan fingerprint density at radius 1 is 1.28 bits per heavy atom. The monoisotopic (exact) mass is 504 g/mol. The molecular weight excluding hydrogens is 474 g/mol. The fraction of sp³-hybridized carbons (Fsp3) is 0.480. The molecule has 11 heteroatoms. The minimum Gasteiger partial charge on any atom is -0.453 e. The van der Waals surface area contributed by atoms with E-state index in [9.17, 15) is 23.5 Å². The van der Waals surface area contributed by atoms with E-state index in [2.05, 4.69) is 10.4 Å². The second kappa shape index (κ2) is 10.8. The number of benzene rings is 1. The maximum atomic E-state index is 14.0. The molecule has 0 spiro atoms. The number of amides is 2. The van der Waals surface area contributed by atoms with Gasteiger partial charge in [-0.25, -0.2) is 8.78 Å². The van der Waals surface area contributed by atoms with Crippen molar-refractivity contribution in [3.63, 3.8) is 0 Å². The van der Waals surface area contributed by atoms with Crippen molar-refractivity contribution in [2.75, 3.05) is 25.1 Å². The van der Waals surface area contributed by atoms with Gasteiger partial charge in [-0.15, -0.1) is 0 Å². The van der Waals surface area contributed by atoms with E-state index >= 15 is 0 Å². The quantitative estimate of drug-likeness (QED) is 0.544. The van der Waals surface area contributed by atoms with Crippen molar-refractivity contribution >= 4 is 17.6 Å². The summed E-state index contributed by atoms with van der Waals surface area (Å²) in [5, 5.41) is 17.0. The molecule has 0 bridgehead atoms. The summed E-state index contributed by atoms with van der Waals surface area (Å²) in [5.74, 6) is -2.81. The van der Waals surface area contributed by atoms with Crippen LogP contribution in [0.1, 0.15) is 33.1 Å². The number of halogens is 2. The summed E-state index contributed by atoms with van der Waals surface area (Å²) in [6, 6.07) is 4.09. The van der Waals surface area contributed by atoms with Crippen molar-refractivity contribution in [3.05, 3.63) is 53.9 Å². The number of carbonyl (C=O) groups is 2. The first-order chi connectivity index (χ1) is 17.1. The minimum atomic E-state index is -0.985. The third-order valence-corrected chi connectivity index (χ3v) is 6.06. The standard InChI is InChI=1S/C25H30F2N4O5/c1-25(2,34)15-30-9-6-21(29-30)28-24(33)20(12-16-7-10-35-11-8-16)31-14-17(13-22(31)32)36-23-18(26)4-3-5-19(23)27/h3-6,9,13,16,20,34H,7-8,10-12,14-15H2,1-2H3,(H,28,29,33)/t20-/m0/s1. The second-order valence-electron chi connectivity index (χ2n) is 9.74. The van der Waals surface area contributed by atoms with Crippen molar-refractivity contribution in [2.45, 2.75) is 51.3 Å². The highest BCUT2D eigenvalue weighted by atomic mass is 19.1. The first kappa shape index (κ1) is 25.8. The summed E-state index contributed by atoms with van der Waals surface area (Å²) in [6.45, 7) is 4.57. The van der Waals surface area contributed by atoms with E-state index in [0.717, 1.165) is 31.1 Å². The topological polar surface area (TPSA) is 106 Å². The molecule has 9 nitrogen and oxygen atoms in total. The maximum Gasteiger partial charge on any atom is 0.251 e. The zero-order valence-electron chi connectivity index (χ0n) is 20.2. The van der Waals surface area contributed by atoms with E-state index in [1.54, 1.807) is 26.1 Å². The van der Waals surface area contributed by atoms with Gasteiger partial charge in [0, 0.05) is 31.6 Å². The van der Waals surface area contributed by atoms with Gasteiger partial charge in [-0.1, -0.05) is 6.07 Å². The summed E-state index contributed by atoms with van der Waals surface area (Å²) < 4.78 is 40.4. The van der Waals surface area contributed by atoms with Gasteiger partial charge in [0.25, 0.3) is 5.91 Å². The van der Waals surface area contributed by atoms with Gasteiger partial charge >= 0.3 is 0 Å². The molecule has 1 saturated heterocycles. The van der Waals surface area contributed by atoms with Crippen molar-refractivity contribution in [2.24, 2.45) is 5.92 Å². The molecule has 2 aliphatic rings. The molecule has 2 amide bonds. The van der Waals surface area contributed by atoms with Gasteiger partial charge < -0.3 is 24.8 Å². The van der Waals surface area contributed by atoms with E-state index in [0.29, 0.717) is 19.6 Å². The molecule has 2 aliphatic heterocycles. The highest BCUT2D eigenvalue weighted by molar-refractivity contribution is 5.99. The van der Waals surface area contributed by atoms with Gasteiger partial charge in [0.2, 0.25) is 5.91 Å². The molecule has 0 aliphatic carbocycles. The zero-order chi connectivity index (χ0) is 25.9. The lowest BCUT2D eigenvalue weighted by Crippen LogP contribution is -2.47. The van der Waals surface area contributed by atoms with Crippen molar-refractivity contribution in [1.82, 2.24) is 14.7 Å². The molecule has 36 heavy (non-hydrogen) atoms. The summed E-state index contributed by atoms with van der Waals surface area (Å²) in [5.41, 5.74) is -0.985. The average Bonchev–Trinajstić information content (AvgIpc) is 3.39. The molecule has 2 N–H and O–H groups in total. The fourth-order valence-electron chi connectivity index (χ4n) is 4.34. The van der Waals surface area contributed by atoms with Gasteiger partial charge in [0.15, 0.2) is 23.2 Å². The molecular formula is C25H30F2N4O5. The van der Waals surface area contributed by atoms with Crippen LogP contribution in [0.15, 0.2) is 42.3 Å². The number of para-hydroxylation sites is 1. The smallest absolute Gasteiger partial charge is 0.251 e. The number of hydrogen-bond donors (Lipinski definition) is 2. The molecule has 1 aromatic carbocycles. The van der Waals surface area contributed by atoms with E-state index in [4.69, 9.17) is 9.47 Å². The Kier molecular flexibility index (Phi) is 7.70. The van der Waals surface area contributed by atoms with Crippen molar-refractivity contribution < 1.29 is 33.0 Å². The number of nitrogens with zero attached hydrogens (tertiary/aromatic N) is 3. The lowest BCUT2D eigenvalue weighted by molar-refractivity contribution is -0.134. The van der Waals surface area contributed by atoms with Crippen LogP contribution in [0.5, 0.6) is 5.75 Å². The largest absolute Gasteiger partial charge is 0.453 e. The van der Waals surface area contributed by atoms with Gasteiger partial charge in [0.1, 0.15) is 11.8 Å². The number of carbonyl (C=O) groups excluding carboxylic acids is 2. The first-order valence-electron chi connectivity index (χ1n) is 11.9. The van der Waals surface area contributed by atoms with Crippen LogP contribution in [-0.2, 0) is 20.9 Å². The highest BCUT2D eigenvalue weighted by Crippen LogP contribution is 2.29. The third kappa shape index (κ3) is 6.46. The number of rotatable bonds is 9. The predicted molar refractivity (Wildman–Crippen MR) is 126 cm³/mol. The lowest BCUT2D eigenvalue weighted by Gasteiger charge is -2.31. The van der Waals surface area contributed by atoms with Gasteiger partial charge in [-0.05, 0) is 51.2 Å². The summed E-state index contributed by atoms with van der Waals surface area (Å²) in [7, 11) is 0. The molecule has 4 rings (SSSR count). The zero-order valence-corrected chi connectivity index (χ0v) is 20.2. The minimum absolute atomic E-state index is 0.0447. The Morgan fingerprint density at radius 3 is 2.64 bits per heavy atom. The van der Waals surface area contributed by atoms with Gasteiger partial charge in [-0.3, -0.25) is 14.3 Å². The SMILES string of the molecule is CC(C)(O)Cn1ccc(NC(=O)[C@H](CC2CCOCC2)N2CC(Oc3c(F)cccc3F)=CC2=O)n1. The van der Waals surface area contributed by atoms with Crippen LogP contribution in [0.2, 0.25) is 0 Å². The number of nitrogens with one attached hydrogen (secondary N) is 1. The number of aliphatic hydroxyl groups is 1. The van der Waals surface area contributed by atoms with Crippen LogP contribution in [0, 0.1) is 17.6 Å². The summed E-state index contributed by atoms with van der Waals surface area (Å²) in [6.07, 6.45) is 4.68. The normalized spacial score (nSPS) is 17.8. The molecule has 0 saturated carbocycles. The first-order valence-corrected chi connectivity index (χ1v) is 11.9. The van der Waals surface area contributed by atoms with Crippen LogP contribution in [0.4, 0.5) is 14.6 Å². The second-order valence-corrected chi connectivity index (χ2v) is 9.74. The summed E-state index contributed by atoms with van der Waals surface area (Å²) >= 11 is 0. The molecule has 1 fully saturated rings. The predicted octanol–water partition coefficient (Wildman–Crippen LogP) is 2.86. The number of ether oxygens (including phenoxy) is 2. The van der Waals surface area contributed by atoms with Crippen molar-refractivity contribution in [1.29, 1.82) is 0 Å². The fourth-order valence-corrected chi connectivity index (χ4v) is 4.34. The van der Waals surface area contributed by atoms with E-state index in [1.807, 2.05) is 0 Å². The Bertz CT molecular complexity index is 1120. The average molecular weight is 505 g/mol. The third-order valence-electron chi connectivity index (χ3n) is 6.06. The molecule has 1 aromatic heterocycles. The Balaban J connectivity index is 1.49. The van der Waals surface area contributed by atoms with Gasteiger partial charge in [-0.2, -0.15) is 5.10 Å². The summed E-state index contributed by atoms with van der Waals surface area (Å²) in [4.78, 5) is 27.6. The Hall–Kier alpha value is -3.31. The Morgan fingerprint density at radius 2 is 1.97 bits per heavy atom. The molecule has 194 valence electrons. The molecule has 2 aromatic rings. The molecule has 0 unspecified atom stereocenters. The molecule has 0 radical (unpaired) electrons. The Labute approximate surface area is 207 Å². The van der Waals surface area contributed by atoms with Gasteiger partial charge in [0.05, 0.1) is 18.7 Å².